The van der Waals surface area contributed by atoms with E-state index in [-0.39, 0.29) is 5.56 Å². The molecule has 0 saturated carbocycles. The average molecular weight is 217 g/mol. The van der Waals surface area contributed by atoms with Crippen LogP contribution in [-0.4, -0.2) is 16.1 Å². The van der Waals surface area contributed by atoms with Crippen molar-refractivity contribution in [2.45, 2.75) is 13.8 Å². The van der Waals surface area contributed by atoms with Crippen LogP contribution in [0.5, 0.6) is 0 Å². The summed E-state index contributed by atoms with van der Waals surface area (Å²) >= 11 is 0. The second-order valence-electron chi connectivity index (χ2n) is 3.49. The maximum Gasteiger partial charge on any atom is 0.336 e. The van der Waals surface area contributed by atoms with Crippen molar-refractivity contribution >= 4 is 5.97 Å². The number of aromatic carboxylic acids is 1. The van der Waals surface area contributed by atoms with E-state index in [1.54, 1.807) is 38.1 Å². The first-order chi connectivity index (χ1) is 7.59. The molecule has 0 fully saturated rings. The number of hydrogen-bond acceptors (Lipinski definition) is 3. The Hall–Kier alpha value is -2.10. The predicted molar refractivity (Wildman–Crippen MR) is 58.4 cm³/mol. The number of hydrogen-bond donors (Lipinski definition) is 1. The van der Waals surface area contributed by atoms with Gasteiger partial charge in [0.15, 0.2) is 5.89 Å². The molecule has 0 bridgehead atoms. The van der Waals surface area contributed by atoms with Crippen molar-refractivity contribution in [2.75, 3.05) is 0 Å². The minimum Gasteiger partial charge on any atom is -0.478 e. The first kappa shape index (κ1) is 10.4. The van der Waals surface area contributed by atoms with E-state index in [1.165, 1.54) is 0 Å². The summed E-state index contributed by atoms with van der Waals surface area (Å²) in [7, 11) is 0. The molecule has 4 heteroatoms. The summed E-state index contributed by atoms with van der Waals surface area (Å²) in [6.45, 7) is 3.51. The molecule has 0 radical (unpaired) electrons. The van der Waals surface area contributed by atoms with Gasteiger partial charge in [-0.1, -0.05) is 18.2 Å². The Labute approximate surface area is 92.6 Å². The Morgan fingerprint density at radius 2 is 2.00 bits per heavy atom. The Morgan fingerprint density at radius 1 is 1.31 bits per heavy atom. The molecule has 82 valence electrons. The highest BCUT2D eigenvalue weighted by atomic mass is 16.4. The average Bonchev–Trinajstić information content (AvgIpc) is 2.57. The molecular weight excluding hydrogens is 206 g/mol. The fourth-order valence-corrected chi connectivity index (χ4v) is 1.65. The summed E-state index contributed by atoms with van der Waals surface area (Å²) in [6.07, 6.45) is 0. The largest absolute Gasteiger partial charge is 0.478 e. The van der Waals surface area contributed by atoms with Crippen LogP contribution in [0.1, 0.15) is 22.0 Å². The standard InChI is InChI=1S/C12H11NO3/c1-7-11(13-8(2)16-7)9-5-3-4-6-10(9)12(14)15/h3-6H,1-2H3,(H,14,15). The summed E-state index contributed by atoms with van der Waals surface area (Å²) in [5, 5.41) is 9.07. The minimum absolute atomic E-state index is 0.235. The fourth-order valence-electron chi connectivity index (χ4n) is 1.65. The van der Waals surface area contributed by atoms with Crippen molar-refractivity contribution < 1.29 is 14.3 Å². The van der Waals surface area contributed by atoms with E-state index in [2.05, 4.69) is 4.98 Å². The molecule has 1 aromatic heterocycles. The van der Waals surface area contributed by atoms with Gasteiger partial charge in [-0.05, 0) is 13.0 Å². The van der Waals surface area contributed by atoms with Crippen LogP contribution < -0.4 is 0 Å². The lowest BCUT2D eigenvalue weighted by molar-refractivity contribution is 0.0697. The van der Waals surface area contributed by atoms with Gasteiger partial charge in [0.25, 0.3) is 0 Å². The number of aromatic nitrogens is 1. The van der Waals surface area contributed by atoms with E-state index in [1.807, 2.05) is 0 Å². The van der Waals surface area contributed by atoms with E-state index in [0.717, 1.165) is 0 Å². The van der Waals surface area contributed by atoms with Gasteiger partial charge in [0.2, 0.25) is 0 Å². The monoisotopic (exact) mass is 217 g/mol. The topological polar surface area (TPSA) is 63.3 Å². The van der Waals surface area contributed by atoms with Crippen molar-refractivity contribution in [3.63, 3.8) is 0 Å². The molecule has 0 aliphatic rings. The highest BCUT2D eigenvalue weighted by Gasteiger charge is 2.16. The van der Waals surface area contributed by atoms with Gasteiger partial charge < -0.3 is 9.52 Å². The molecule has 16 heavy (non-hydrogen) atoms. The third kappa shape index (κ3) is 1.69. The van der Waals surface area contributed by atoms with Gasteiger partial charge in [-0.3, -0.25) is 0 Å². The van der Waals surface area contributed by atoms with Crippen molar-refractivity contribution in [2.24, 2.45) is 0 Å². The third-order valence-corrected chi connectivity index (χ3v) is 2.32. The molecule has 0 amide bonds. The van der Waals surface area contributed by atoms with Gasteiger partial charge in [-0.15, -0.1) is 0 Å². The molecule has 0 spiro atoms. The summed E-state index contributed by atoms with van der Waals surface area (Å²) in [4.78, 5) is 15.2. The lowest BCUT2D eigenvalue weighted by Gasteiger charge is -2.02. The lowest BCUT2D eigenvalue weighted by atomic mass is 10.0. The Bertz CT molecular complexity index is 543. The van der Waals surface area contributed by atoms with Gasteiger partial charge in [0, 0.05) is 12.5 Å². The molecule has 4 nitrogen and oxygen atoms in total. The lowest BCUT2D eigenvalue weighted by Crippen LogP contribution is -1.99. The number of benzene rings is 1. The number of rotatable bonds is 2. The highest BCUT2D eigenvalue weighted by molar-refractivity contribution is 5.95. The number of oxazole rings is 1. The first-order valence-electron chi connectivity index (χ1n) is 4.86. The van der Waals surface area contributed by atoms with E-state index in [0.29, 0.717) is 22.9 Å². The molecule has 0 unspecified atom stereocenters. The zero-order valence-corrected chi connectivity index (χ0v) is 9.02. The van der Waals surface area contributed by atoms with Crippen LogP contribution in [0.3, 0.4) is 0 Å². The van der Waals surface area contributed by atoms with Crippen LogP contribution in [0.2, 0.25) is 0 Å². The molecule has 2 rings (SSSR count). The Morgan fingerprint density at radius 3 is 2.56 bits per heavy atom. The van der Waals surface area contributed by atoms with Crippen molar-refractivity contribution in [3.05, 3.63) is 41.5 Å². The van der Waals surface area contributed by atoms with Gasteiger partial charge in [-0.25, -0.2) is 9.78 Å². The van der Waals surface area contributed by atoms with Crippen molar-refractivity contribution in [3.8, 4) is 11.3 Å². The number of carboxylic acid groups (broad SMARTS) is 1. The smallest absolute Gasteiger partial charge is 0.336 e. The van der Waals surface area contributed by atoms with Gasteiger partial charge >= 0.3 is 5.97 Å². The van der Waals surface area contributed by atoms with Crippen LogP contribution >= 0.6 is 0 Å². The van der Waals surface area contributed by atoms with E-state index in [4.69, 9.17) is 9.52 Å². The quantitative estimate of drug-likeness (QED) is 0.839. The zero-order chi connectivity index (χ0) is 11.7. The summed E-state index contributed by atoms with van der Waals surface area (Å²) in [5.74, 6) is 0.203. The minimum atomic E-state index is -0.962. The van der Waals surface area contributed by atoms with Crippen LogP contribution in [0.15, 0.2) is 28.7 Å². The summed E-state index contributed by atoms with van der Waals surface area (Å²) in [5.41, 5.74) is 1.42. The van der Waals surface area contributed by atoms with E-state index >= 15 is 0 Å². The SMILES string of the molecule is Cc1nc(-c2ccccc2C(=O)O)c(C)o1. The first-order valence-corrected chi connectivity index (χ1v) is 4.86. The summed E-state index contributed by atoms with van der Waals surface area (Å²) in [6, 6.07) is 6.76. The maximum atomic E-state index is 11.1. The molecule has 0 atom stereocenters. The maximum absolute atomic E-state index is 11.1. The molecular formula is C12H11NO3. The molecule has 0 saturated heterocycles. The van der Waals surface area contributed by atoms with Crippen molar-refractivity contribution in [1.29, 1.82) is 0 Å². The molecule has 2 aromatic rings. The third-order valence-electron chi connectivity index (χ3n) is 2.32. The number of carboxylic acids is 1. The van der Waals surface area contributed by atoms with Crippen molar-refractivity contribution in [1.82, 2.24) is 4.98 Å². The fraction of sp³-hybridized carbons (Fsp3) is 0.167. The van der Waals surface area contributed by atoms with Gasteiger partial charge in [-0.2, -0.15) is 0 Å². The predicted octanol–water partition coefficient (Wildman–Crippen LogP) is 2.66. The number of aryl methyl sites for hydroxylation is 2. The molecule has 1 N–H and O–H groups in total. The molecule has 0 aliphatic heterocycles. The zero-order valence-electron chi connectivity index (χ0n) is 9.02. The van der Waals surface area contributed by atoms with Crippen LogP contribution in [0, 0.1) is 13.8 Å². The molecule has 1 aromatic carbocycles. The summed E-state index contributed by atoms with van der Waals surface area (Å²) < 4.78 is 5.30. The van der Waals surface area contributed by atoms with E-state index in [9.17, 15) is 4.79 Å². The molecule has 1 heterocycles. The van der Waals surface area contributed by atoms with Gasteiger partial charge in [0.1, 0.15) is 11.5 Å². The second-order valence-corrected chi connectivity index (χ2v) is 3.49. The normalized spacial score (nSPS) is 10.4. The second kappa shape index (κ2) is 3.81. The van der Waals surface area contributed by atoms with Crippen LogP contribution in [0.4, 0.5) is 0 Å². The number of nitrogens with zero attached hydrogens (tertiary/aromatic N) is 1. The Kier molecular flexibility index (Phi) is 2.48. The Balaban J connectivity index is 2.64. The number of carbonyl (C=O) groups is 1. The van der Waals surface area contributed by atoms with Gasteiger partial charge in [0.05, 0.1) is 5.56 Å². The van der Waals surface area contributed by atoms with E-state index < -0.39 is 5.97 Å². The molecule has 0 aliphatic carbocycles. The van der Waals surface area contributed by atoms with Crippen LogP contribution in [0.25, 0.3) is 11.3 Å². The van der Waals surface area contributed by atoms with Crippen LogP contribution in [-0.2, 0) is 0 Å². The highest BCUT2D eigenvalue weighted by Crippen LogP contribution is 2.26.